The normalized spacial score (nSPS) is 18.5. The molecule has 0 atom stereocenters. The molecule has 0 spiro atoms. The predicted octanol–water partition coefficient (Wildman–Crippen LogP) is 5.84. The van der Waals surface area contributed by atoms with Gasteiger partial charge in [-0.25, -0.2) is 0 Å². The Labute approximate surface area is 162 Å². The zero-order valence-corrected chi connectivity index (χ0v) is 18.0. The first-order valence-corrected chi connectivity index (χ1v) is 10.8. The van der Waals surface area contributed by atoms with Crippen molar-refractivity contribution in [3.8, 4) is 0 Å². The van der Waals surface area contributed by atoms with Crippen molar-refractivity contribution in [1.82, 2.24) is 0 Å². The van der Waals surface area contributed by atoms with Crippen molar-refractivity contribution in [3.05, 3.63) is 29.3 Å². The molecule has 0 radical (unpaired) electrons. The summed E-state index contributed by atoms with van der Waals surface area (Å²) in [5.74, 6) is 0. The van der Waals surface area contributed by atoms with Crippen LogP contribution in [0.15, 0.2) is 18.2 Å². The molecule has 0 amide bonds. The highest BCUT2D eigenvalue weighted by atomic mass is 16.7. The standard InChI is InChI=1S/C23H39BO2/c1-7-9-10-11-12-13-14-16-19-17-15-18-21(20(19)8-2)24-25-22(3,4)23(5,6)26-24/h15,17-18H,7-14,16H2,1-6H3. The molecule has 2 nitrogen and oxygen atoms in total. The lowest BCUT2D eigenvalue weighted by molar-refractivity contribution is 0.00578. The maximum absolute atomic E-state index is 6.31. The maximum Gasteiger partial charge on any atom is 0.495 e. The summed E-state index contributed by atoms with van der Waals surface area (Å²) in [4.78, 5) is 0. The molecule has 0 bridgehead atoms. The molecular formula is C23H39BO2. The summed E-state index contributed by atoms with van der Waals surface area (Å²) < 4.78 is 12.6. The van der Waals surface area contributed by atoms with Crippen LogP contribution in [0.4, 0.5) is 0 Å². The van der Waals surface area contributed by atoms with Crippen molar-refractivity contribution in [1.29, 1.82) is 0 Å². The van der Waals surface area contributed by atoms with Gasteiger partial charge in [-0.1, -0.05) is 70.6 Å². The number of aryl methyl sites for hydroxylation is 1. The van der Waals surface area contributed by atoms with Gasteiger partial charge in [-0.3, -0.25) is 0 Å². The second-order valence-electron chi connectivity index (χ2n) is 8.80. The van der Waals surface area contributed by atoms with Crippen molar-refractivity contribution in [2.24, 2.45) is 0 Å². The minimum absolute atomic E-state index is 0.246. The predicted molar refractivity (Wildman–Crippen MR) is 113 cm³/mol. The molecule has 0 unspecified atom stereocenters. The summed E-state index contributed by atoms with van der Waals surface area (Å²) in [6.07, 6.45) is 11.7. The highest BCUT2D eigenvalue weighted by Gasteiger charge is 2.52. The van der Waals surface area contributed by atoms with E-state index in [0.717, 1.165) is 6.42 Å². The molecule has 1 heterocycles. The van der Waals surface area contributed by atoms with Crippen molar-refractivity contribution < 1.29 is 9.31 Å². The Bertz CT molecular complexity index is 549. The smallest absolute Gasteiger partial charge is 0.399 e. The van der Waals surface area contributed by atoms with Crippen LogP contribution in [0.2, 0.25) is 0 Å². The van der Waals surface area contributed by atoms with Gasteiger partial charge < -0.3 is 9.31 Å². The van der Waals surface area contributed by atoms with Crippen LogP contribution in [-0.2, 0) is 22.2 Å². The third kappa shape index (κ3) is 5.13. The molecule has 26 heavy (non-hydrogen) atoms. The Morgan fingerprint density at radius 1 is 0.808 bits per heavy atom. The van der Waals surface area contributed by atoms with Crippen molar-refractivity contribution >= 4 is 12.6 Å². The third-order valence-corrected chi connectivity index (χ3v) is 6.22. The van der Waals surface area contributed by atoms with Crippen molar-refractivity contribution in [3.63, 3.8) is 0 Å². The summed E-state index contributed by atoms with van der Waals surface area (Å²) in [7, 11) is -0.246. The van der Waals surface area contributed by atoms with E-state index in [1.165, 1.54) is 68.0 Å². The molecule has 0 saturated carbocycles. The van der Waals surface area contributed by atoms with E-state index in [4.69, 9.17) is 9.31 Å². The fraction of sp³-hybridized carbons (Fsp3) is 0.739. The number of rotatable bonds is 10. The highest BCUT2D eigenvalue weighted by Crippen LogP contribution is 2.36. The van der Waals surface area contributed by atoms with Gasteiger partial charge in [0.1, 0.15) is 0 Å². The first kappa shape index (κ1) is 21.5. The molecule has 3 heteroatoms. The molecule has 1 aromatic rings. The number of hydrogen-bond donors (Lipinski definition) is 0. The van der Waals surface area contributed by atoms with Gasteiger partial charge in [-0.05, 0) is 63.5 Å². The molecule has 1 aromatic carbocycles. The van der Waals surface area contributed by atoms with Crippen LogP contribution in [0.25, 0.3) is 0 Å². The van der Waals surface area contributed by atoms with E-state index in [-0.39, 0.29) is 18.3 Å². The molecule has 2 rings (SSSR count). The zero-order valence-electron chi connectivity index (χ0n) is 18.0. The van der Waals surface area contributed by atoms with Crippen LogP contribution in [0.3, 0.4) is 0 Å². The quantitative estimate of drug-likeness (QED) is 0.386. The lowest BCUT2D eigenvalue weighted by atomic mass is 9.73. The van der Waals surface area contributed by atoms with E-state index < -0.39 is 0 Å². The molecule has 146 valence electrons. The zero-order chi connectivity index (χ0) is 19.2. The van der Waals surface area contributed by atoms with Crippen LogP contribution < -0.4 is 5.46 Å². The first-order valence-electron chi connectivity index (χ1n) is 10.8. The Morgan fingerprint density at radius 2 is 1.38 bits per heavy atom. The minimum atomic E-state index is -0.281. The molecule has 0 N–H and O–H groups in total. The van der Waals surface area contributed by atoms with E-state index in [9.17, 15) is 0 Å². The van der Waals surface area contributed by atoms with E-state index >= 15 is 0 Å². The Balaban J connectivity index is 1.99. The van der Waals surface area contributed by atoms with Gasteiger partial charge in [0.25, 0.3) is 0 Å². The molecule has 0 aromatic heterocycles. The van der Waals surface area contributed by atoms with Crippen molar-refractivity contribution in [2.75, 3.05) is 0 Å². The van der Waals surface area contributed by atoms with Gasteiger partial charge in [0.2, 0.25) is 0 Å². The molecule has 0 aliphatic carbocycles. The van der Waals surface area contributed by atoms with E-state index in [2.05, 4.69) is 59.7 Å². The maximum atomic E-state index is 6.31. The lowest BCUT2D eigenvalue weighted by Crippen LogP contribution is -2.41. The third-order valence-electron chi connectivity index (χ3n) is 6.22. The summed E-state index contributed by atoms with van der Waals surface area (Å²) >= 11 is 0. The monoisotopic (exact) mass is 358 g/mol. The van der Waals surface area contributed by atoms with Gasteiger partial charge in [0.05, 0.1) is 11.2 Å². The summed E-state index contributed by atoms with van der Waals surface area (Å²) in [6.45, 7) is 13.0. The summed E-state index contributed by atoms with van der Waals surface area (Å²) in [5.41, 5.74) is 3.57. The SMILES string of the molecule is CCCCCCCCCc1cccc(B2OC(C)(C)C(C)(C)O2)c1CC. The molecule has 1 aliphatic heterocycles. The average Bonchev–Trinajstić information content (AvgIpc) is 2.81. The highest BCUT2D eigenvalue weighted by molar-refractivity contribution is 6.62. The number of benzene rings is 1. The van der Waals surface area contributed by atoms with Gasteiger partial charge in [0.15, 0.2) is 0 Å². The Kier molecular flexibility index (Phi) is 7.79. The van der Waals surface area contributed by atoms with Gasteiger partial charge in [-0.15, -0.1) is 0 Å². The van der Waals surface area contributed by atoms with Gasteiger partial charge in [-0.2, -0.15) is 0 Å². The largest absolute Gasteiger partial charge is 0.495 e. The van der Waals surface area contributed by atoms with Crippen LogP contribution in [0.5, 0.6) is 0 Å². The minimum Gasteiger partial charge on any atom is -0.399 e. The molecule has 1 fully saturated rings. The van der Waals surface area contributed by atoms with Gasteiger partial charge >= 0.3 is 7.12 Å². The van der Waals surface area contributed by atoms with Gasteiger partial charge in [0, 0.05) is 0 Å². The topological polar surface area (TPSA) is 18.5 Å². The van der Waals surface area contributed by atoms with E-state index in [1.54, 1.807) is 0 Å². The fourth-order valence-electron chi connectivity index (χ4n) is 3.78. The second-order valence-corrected chi connectivity index (χ2v) is 8.80. The summed E-state index contributed by atoms with van der Waals surface area (Å²) in [6, 6.07) is 6.66. The number of hydrogen-bond acceptors (Lipinski definition) is 2. The lowest BCUT2D eigenvalue weighted by Gasteiger charge is -2.32. The van der Waals surface area contributed by atoms with E-state index in [1.807, 2.05) is 0 Å². The van der Waals surface area contributed by atoms with Crippen LogP contribution in [0.1, 0.15) is 97.6 Å². The average molecular weight is 358 g/mol. The fourth-order valence-corrected chi connectivity index (χ4v) is 3.78. The summed E-state index contributed by atoms with van der Waals surface area (Å²) in [5, 5.41) is 0. The molecule has 1 saturated heterocycles. The molecular weight excluding hydrogens is 319 g/mol. The van der Waals surface area contributed by atoms with Crippen LogP contribution in [-0.4, -0.2) is 18.3 Å². The molecule has 1 aliphatic rings. The number of unbranched alkanes of at least 4 members (excludes halogenated alkanes) is 6. The Hall–Kier alpha value is -0.795. The second kappa shape index (κ2) is 9.42. The van der Waals surface area contributed by atoms with E-state index in [0.29, 0.717) is 0 Å². The van der Waals surface area contributed by atoms with Crippen LogP contribution in [0, 0.1) is 0 Å². The Morgan fingerprint density at radius 3 is 1.96 bits per heavy atom. The van der Waals surface area contributed by atoms with Crippen molar-refractivity contribution in [2.45, 2.75) is 111 Å². The first-order chi connectivity index (χ1) is 12.3. The van der Waals surface area contributed by atoms with Crippen LogP contribution >= 0.6 is 0 Å².